The third-order valence-corrected chi connectivity index (χ3v) is 6.85. The number of hydrogen-bond acceptors (Lipinski definition) is 5. The monoisotopic (exact) mass is 401 g/mol. The van der Waals surface area contributed by atoms with E-state index in [9.17, 15) is 18.5 Å². The summed E-state index contributed by atoms with van der Waals surface area (Å²) in [5.74, 6) is 0. The molecule has 1 heterocycles. The smallest absolute Gasteiger partial charge is 0.423 e. The highest BCUT2D eigenvalue weighted by Gasteiger charge is 2.39. The molecule has 0 radical (unpaired) electrons. The molecule has 0 saturated heterocycles. The van der Waals surface area contributed by atoms with Crippen molar-refractivity contribution in [3.05, 3.63) is 60.8 Å². The van der Waals surface area contributed by atoms with Gasteiger partial charge in [-0.15, -0.1) is 0 Å². The molecule has 2 aromatic carbocycles. The average molecular weight is 401 g/mol. The summed E-state index contributed by atoms with van der Waals surface area (Å²) in [7, 11) is -4.98. The average Bonchev–Trinajstić information content (AvgIpc) is 3.05. The van der Waals surface area contributed by atoms with Crippen molar-refractivity contribution in [2.75, 3.05) is 0 Å². The van der Waals surface area contributed by atoms with Crippen LogP contribution in [-0.4, -0.2) is 40.8 Å². The molecule has 8 heteroatoms. The highest BCUT2D eigenvalue weighted by Crippen LogP contribution is 2.26. The molecule has 3 rings (SSSR count). The highest BCUT2D eigenvalue weighted by molar-refractivity contribution is 7.90. The number of fused-ring (bicyclic) bond motifs is 1. The summed E-state index contributed by atoms with van der Waals surface area (Å²) in [6.07, 6.45) is 1.49. The van der Waals surface area contributed by atoms with E-state index < -0.39 is 28.3 Å². The zero-order valence-electron chi connectivity index (χ0n) is 16.3. The van der Waals surface area contributed by atoms with E-state index in [1.54, 1.807) is 82.3 Å². The molecule has 148 valence electrons. The van der Waals surface area contributed by atoms with Gasteiger partial charge in [0.15, 0.2) is 0 Å². The van der Waals surface area contributed by atoms with E-state index in [2.05, 4.69) is 0 Å². The van der Waals surface area contributed by atoms with Crippen molar-refractivity contribution in [1.82, 2.24) is 3.97 Å². The molecule has 0 fully saturated rings. The van der Waals surface area contributed by atoms with Gasteiger partial charge in [0, 0.05) is 11.6 Å². The Morgan fingerprint density at radius 1 is 1.00 bits per heavy atom. The molecule has 0 bridgehead atoms. The first-order valence-electron chi connectivity index (χ1n) is 8.93. The van der Waals surface area contributed by atoms with Crippen molar-refractivity contribution >= 4 is 33.5 Å². The summed E-state index contributed by atoms with van der Waals surface area (Å²) in [5, 5.41) is 21.3. The third-order valence-electron chi connectivity index (χ3n) is 5.14. The van der Waals surface area contributed by atoms with Gasteiger partial charge in [-0.2, -0.15) is 0 Å². The van der Waals surface area contributed by atoms with Crippen LogP contribution in [0.3, 0.4) is 0 Å². The number of hydrogen-bond donors (Lipinski definition) is 2. The van der Waals surface area contributed by atoms with Crippen LogP contribution in [-0.2, 0) is 14.7 Å². The molecule has 1 aromatic heterocycles. The SMILES string of the molecule is CC(C)(O)C(C)(C)OB(O)c1ccc2c(ccn2S(=O)(=O)c2ccccc2)c1. The maximum absolute atomic E-state index is 12.9. The lowest BCUT2D eigenvalue weighted by molar-refractivity contribution is -0.0982. The van der Waals surface area contributed by atoms with Crippen molar-refractivity contribution in [3.8, 4) is 0 Å². The zero-order chi connectivity index (χ0) is 20.7. The van der Waals surface area contributed by atoms with Crippen molar-refractivity contribution < 1.29 is 23.2 Å². The maximum Gasteiger partial charge on any atom is 0.491 e. The van der Waals surface area contributed by atoms with Gasteiger partial charge in [-0.25, -0.2) is 12.4 Å². The first kappa shape index (κ1) is 20.6. The molecule has 0 unspecified atom stereocenters. The number of aliphatic hydroxyl groups is 1. The van der Waals surface area contributed by atoms with Crippen LogP contribution in [0.15, 0.2) is 65.7 Å². The van der Waals surface area contributed by atoms with Gasteiger partial charge in [0.2, 0.25) is 0 Å². The fourth-order valence-corrected chi connectivity index (χ4v) is 4.07. The minimum Gasteiger partial charge on any atom is -0.423 e. The Kier molecular flexibility index (Phi) is 5.18. The number of nitrogens with zero attached hydrogens (tertiary/aromatic N) is 1. The Bertz CT molecular complexity index is 1080. The lowest BCUT2D eigenvalue weighted by Gasteiger charge is -2.38. The van der Waals surface area contributed by atoms with Crippen LogP contribution in [0.5, 0.6) is 0 Å². The van der Waals surface area contributed by atoms with E-state index in [0.717, 1.165) is 0 Å². The quantitative estimate of drug-likeness (QED) is 0.618. The van der Waals surface area contributed by atoms with Crippen LogP contribution in [0.25, 0.3) is 10.9 Å². The lowest BCUT2D eigenvalue weighted by atomic mass is 9.76. The minimum atomic E-state index is -3.71. The first-order valence-corrected chi connectivity index (χ1v) is 10.4. The fraction of sp³-hybridized carbons (Fsp3) is 0.300. The molecule has 0 spiro atoms. The van der Waals surface area contributed by atoms with E-state index in [1.807, 2.05) is 0 Å². The van der Waals surface area contributed by atoms with Crippen molar-refractivity contribution in [2.24, 2.45) is 0 Å². The molecule has 0 amide bonds. The molecule has 0 aliphatic heterocycles. The molecular formula is C20H24BNO5S. The summed E-state index contributed by atoms with van der Waals surface area (Å²) in [6.45, 7) is 6.60. The molecule has 28 heavy (non-hydrogen) atoms. The third kappa shape index (κ3) is 3.73. The van der Waals surface area contributed by atoms with Gasteiger partial charge < -0.3 is 14.8 Å². The summed E-state index contributed by atoms with van der Waals surface area (Å²) in [5.41, 5.74) is -1.18. The van der Waals surface area contributed by atoms with E-state index in [4.69, 9.17) is 4.65 Å². The van der Waals surface area contributed by atoms with Crippen LogP contribution in [0, 0.1) is 0 Å². The predicted molar refractivity (Wildman–Crippen MR) is 110 cm³/mol. The lowest BCUT2D eigenvalue weighted by Crippen LogP contribution is -2.53. The number of rotatable bonds is 6. The van der Waals surface area contributed by atoms with E-state index >= 15 is 0 Å². The Balaban J connectivity index is 1.95. The van der Waals surface area contributed by atoms with E-state index in [1.165, 1.54) is 10.2 Å². The highest BCUT2D eigenvalue weighted by atomic mass is 32.2. The fourth-order valence-electron chi connectivity index (χ4n) is 2.70. The summed E-state index contributed by atoms with van der Waals surface area (Å²) < 4.78 is 32.7. The normalized spacial score (nSPS) is 13.1. The number of benzene rings is 2. The van der Waals surface area contributed by atoms with Gasteiger partial charge in [0.25, 0.3) is 10.0 Å². The molecule has 3 aromatic rings. The van der Waals surface area contributed by atoms with Gasteiger partial charge in [-0.1, -0.05) is 30.3 Å². The largest absolute Gasteiger partial charge is 0.491 e. The number of aromatic nitrogens is 1. The van der Waals surface area contributed by atoms with Gasteiger partial charge in [-0.05, 0) is 57.4 Å². The van der Waals surface area contributed by atoms with Gasteiger partial charge in [-0.3, -0.25) is 0 Å². The molecule has 0 atom stereocenters. The summed E-state index contributed by atoms with van der Waals surface area (Å²) in [6, 6.07) is 14.8. The zero-order valence-corrected chi connectivity index (χ0v) is 17.1. The topological polar surface area (TPSA) is 88.8 Å². The van der Waals surface area contributed by atoms with Crippen molar-refractivity contribution in [1.29, 1.82) is 0 Å². The molecule has 6 nitrogen and oxygen atoms in total. The van der Waals surface area contributed by atoms with Crippen LogP contribution in [0.1, 0.15) is 27.7 Å². The maximum atomic E-state index is 12.9. The van der Waals surface area contributed by atoms with Crippen LogP contribution in [0.4, 0.5) is 0 Å². The summed E-state index contributed by atoms with van der Waals surface area (Å²) >= 11 is 0. The molecule has 0 saturated carbocycles. The first-order chi connectivity index (χ1) is 12.9. The molecular weight excluding hydrogens is 377 g/mol. The second-order valence-electron chi connectivity index (χ2n) is 7.79. The predicted octanol–water partition coefficient (Wildman–Crippen LogP) is 2.13. The Morgan fingerprint density at radius 3 is 2.25 bits per heavy atom. The van der Waals surface area contributed by atoms with Gasteiger partial charge >= 0.3 is 7.12 Å². The Morgan fingerprint density at radius 2 is 1.64 bits per heavy atom. The second-order valence-corrected chi connectivity index (χ2v) is 9.60. The van der Waals surface area contributed by atoms with Crippen molar-refractivity contribution in [3.63, 3.8) is 0 Å². The molecule has 0 aliphatic carbocycles. The summed E-state index contributed by atoms with van der Waals surface area (Å²) in [4.78, 5) is 0.201. The van der Waals surface area contributed by atoms with Crippen LogP contribution < -0.4 is 5.46 Å². The Labute approximate surface area is 165 Å². The standard InChI is InChI=1S/C20H24BNO5S/c1-19(2,23)20(3,4)27-21(24)16-10-11-18-15(14-16)12-13-22(18)28(25,26)17-8-6-5-7-9-17/h5-14,23-24H,1-4H3. The van der Waals surface area contributed by atoms with Crippen LogP contribution >= 0.6 is 0 Å². The molecule has 2 N–H and O–H groups in total. The second kappa shape index (κ2) is 7.04. The van der Waals surface area contributed by atoms with E-state index in [-0.39, 0.29) is 4.90 Å². The van der Waals surface area contributed by atoms with Crippen LogP contribution in [0.2, 0.25) is 0 Å². The minimum absolute atomic E-state index is 0.201. The van der Waals surface area contributed by atoms with Gasteiger partial charge in [0.05, 0.1) is 21.6 Å². The Hall–Kier alpha value is -2.13. The van der Waals surface area contributed by atoms with E-state index in [0.29, 0.717) is 16.4 Å². The van der Waals surface area contributed by atoms with Crippen molar-refractivity contribution in [2.45, 2.75) is 43.8 Å². The van der Waals surface area contributed by atoms with Gasteiger partial charge in [0.1, 0.15) is 0 Å². The molecule has 0 aliphatic rings.